The number of rotatable bonds is 4. The first-order valence-electron chi connectivity index (χ1n) is 5.24. The van der Waals surface area contributed by atoms with Crippen LogP contribution < -0.4 is 0 Å². The van der Waals surface area contributed by atoms with Gasteiger partial charge in [-0.05, 0) is 20.7 Å². The second kappa shape index (κ2) is 5.86. The Hall–Kier alpha value is -1.08. The van der Waals surface area contributed by atoms with Crippen LogP contribution in [0.3, 0.4) is 0 Å². The Balaban J connectivity index is 2.66. The molecule has 16 heavy (non-hydrogen) atoms. The molecule has 1 aliphatic rings. The fraction of sp³-hybridized carbons (Fsp3) is 0.778. The average molecular weight is 230 g/mol. The predicted molar refractivity (Wildman–Crippen MR) is 54.6 cm³/mol. The van der Waals surface area contributed by atoms with Gasteiger partial charge in [-0.15, -0.1) is 0 Å². The molecule has 2 atom stereocenters. The van der Waals surface area contributed by atoms with E-state index in [4.69, 9.17) is 18.8 Å². The van der Waals surface area contributed by atoms with E-state index in [1.807, 2.05) is 0 Å². The lowest BCUT2D eigenvalue weighted by Gasteiger charge is -2.15. The molecule has 6 nitrogen and oxygen atoms in total. The van der Waals surface area contributed by atoms with E-state index in [0.717, 1.165) is 0 Å². The van der Waals surface area contributed by atoms with Gasteiger partial charge in [0.1, 0.15) is 0 Å². The minimum Gasteiger partial charge on any atom is -0.464 e. The molecule has 1 fully saturated rings. The molecular weight excluding hydrogens is 215 g/mol. The maximum Gasteiger partial charge on any atom is 0.454 e. The van der Waals surface area contributed by atoms with E-state index >= 15 is 0 Å². The van der Waals surface area contributed by atoms with Gasteiger partial charge in [0.15, 0.2) is 12.2 Å². The molecule has 7 heteroatoms. The van der Waals surface area contributed by atoms with Crippen LogP contribution in [0, 0.1) is 0 Å². The smallest absolute Gasteiger partial charge is 0.454 e. The molecule has 1 saturated heterocycles. The number of hydrogen-bond acceptors (Lipinski definition) is 6. The summed E-state index contributed by atoms with van der Waals surface area (Å²) in [6.07, 6.45) is -2.07. The highest BCUT2D eigenvalue weighted by molar-refractivity contribution is 6.44. The Kier molecular flexibility index (Phi) is 4.76. The third-order valence-electron chi connectivity index (χ3n) is 1.99. The summed E-state index contributed by atoms with van der Waals surface area (Å²) >= 11 is 0. The van der Waals surface area contributed by atoms with E-state index in [9.17, 15) is 9.59 Å². The SMILES string of the molecule is CCOC(=O)C1OB(C)OC1C(=O)OCC. The van der Waals surface area contributed by atoms with Crippen molar-refractivity contribution < 1.29 is 28.4 Å². The zero-order chi connectivity index (χ0) is 12.1. The van der Waals surface area contributed by atoms with Crippen LogP contribution in [0.5, 0.6) is 0 Å². The van der Waals surface area contributed by atoms with Crippen LogP contribution in [0.4, 0.5) is 0 Å². The molecule has 0 spiro atoms. The lowest BCUT2D eigenvalue weighted by Crippen LogP contribution is -2.39. The molecular formula is C9H15BO6. The Morgan fingerprint density at radius 3 is 1.75 bits per heavy atom. The zero-order valence-corrected chi connectivity index (χ0v) is 9.60. The summed E-state index contributed by atoms with van der Waals surface area (Å²) in [6.45, 7) is 5.41. The fourth-order valence-corrected chi connectivity index (χ4v) is 1.39. The fourth-order valence-electron chi connectivity index (χ4n) is 1.39. The normalized spacial score (nSPS) is 24.3. The van der Waals surface area contributed by atoms with Gasteiger partial charge >= 0.3 is 19.1 Å². The number of ether oxygens (including phenoxy) is 2. The third-order valence-corrected chi connectivity index (χ3v) is 1.99. The Labute approximate surface area is 94.3 Å². The van der Waals surface area contributed by atoms with Crippen molar-refractivity contribution in [3.63, 3.8) is 0 Å². The van der Waals surface area contributed by atoms with Gasteiger partial charge in [-0.25, -0.2) is 9.59 Å². The van der Waals surface area contributed by atoms with Crippen LogP contribution in [-0.4, -0.2) is 44.5 Å². The second-order valence-electron chi connectivity index (χ2n) is 3.19. The summed E-state index contributed by atoms with van der Waals surface area (Å²) in [6, 6.07) is 0. The van der Waals surface area contributed by atoms with Gasteiger partial charge in [0.2, 0.25) is 0 Å². The van der Waals surface area contributed by atoms with Crippen molar-refractivity contribution in [3.05, 3.63) is 0 Å². The largest absolute Gasteiger partial charge is 0.464 e. The molecule has 1 heterocycles. The van der Waals surface area contributed by atoms with Gasteiger partial charge in [-0.3, -0.25) is 0 Å². The van der Waals surface area contributed by atoms with E-state index in [-0.39, 0.29) is 13.2 Å². The van der Waals surface area contributed by atoms with Crippen molar-refractivity contribution in [2.45, 2.75) is 32.9 Å². The quantitative estimate of drug-likeness (QED) is 0.500. The predicted octanol–water partition coefficient (Wildman–Crippen LogP) is 0.0146. The van der Waals surface area contributed by atoms with E-state index in [1.165, 1.54) is 0 Å². The van der Waals surface area contributed by atoms with Crippen LogP contribution in [0.15, 0.2) is 0 Å². The molecule has 1 aliphatic heterocycles. The molecule has 0 aromatic heterocycles. The van der Waals surface area contributed by atoms with Gasteiger partial charge in [-0.1, -0.05) is 0 Å². The Bertz CT molecular complexity index is 243. The molecule has 0 bridgehead atoms. The summed E-state index contributed by atoms with van der Waals surface area (Å²) in [4.78, 5) is 22.9. The molecule has 0 N–H and O–H groups in total. The van der Waals surface area contributed by atoms with Gasteiger partial charge in [0.25, 0.3) is 0 Å². The minimum atomic E-state index is -1.03. The molecule has 90 valence electrons. The number of carbonyl (C=O) groups excluding carboxylic acids is 2. The first-order valence-corrected chi connectivity index (χ1v) is 5.24. The van der Waals surface area contributed by atoms with Gasteiger partial charge in [-0.2, -0.15) is 0 Å². The highest BCUT2D eigenvalue weighted by Crippen LogP contribution is 2.19. The highest BCUT2D eigenvalue weighted by atomic mass is 16.7. The third kappa shape index (κ3) is 2.96. The number of hydrogen-bond donors (Lipinski definition) is 0. The van der Waals surface area contributed by atoms with Crippen molar-refractivity contribution in [2.75, 3.05) is 13.2 Å². The molecule has 0 aromatic carbocycles. The molecule has 2 unspecified atom stereocenters. The van der Waals surface area contributed by atoms with E-state index in [0.29, 0.717) is 0 Å². The van der Waals surface area contributed by atoms with Crippen LogP contribution in [0.1, 0.15) is 13.8 Å². The van der Waals surface area contributed by atoms with Crippen molar-refractivity contribution in [1.82, 2.24) is 0 Å². The van der Waals surface area contributed by atoms with Crippen molar-refractivity contribution >= 4 is 19.1 Å². The lowest BCUT2D eigenvalue weighted by molar-refractivity contribution is -0.163. The summed E-state index contributed by atoms with van der Waals surface area (Å²) in [5, 5.41) is 0. The van der Waals surface area contributed by atoms with Crippen molar-refractivity contribution in [2.24, 2.45) is 0 Å². The molecule has 0 aliphatic carbocycles. The lowest BCUT2D eigenvalue weighted by atomic mass is 9.97. The molecule has 0 amide bonds. The van der Waals surface area contributed by atoms with E-state index < -0.39 is 31.3 Å². The summed E-state index contributed by atoms with van der Waals surface area (Å²) in [7, 11) is -0.621. The second-order valence-corrected chi connectivity index (χ2v) is 3.19. The zero-order valence-electron chi connectivity index (χ0n) is 9.60. The Morgan fingerprint density at radius 1 is 1.06 bits per heavy atom. The molecule has 1 rings (SSSR count). The van der Waals surface area contributed by atoms with Crippen molar-refractivity contribution in [1.29, 1.82) is 0 Å². The average Bonchev–Trinajstić information content (AvgIpc) is 2.61. The molecule has 0 saturated carbocycles. The van der Waals surface area contributed by atoms with E-state index in [1.54, 1.807) is 20.7 Å². The molecule has 0 aromatic rings. The topological polar surface area (TPSA) is 71.1 Å². The maximum atomic E-state index is 11.5. The summed E-state index contributed by atoms with van der Waals surface area (Å²) in [5.41, 5.74) is 0. The van der Waals surface area contributed by atoms with Crippen molar-refractivity contribution in [3.8, 4) is 0 Å². The van der Waals surface area contributed by atoms with E-state index in [2.05, 4.69) is 0 Å². The summed E-state index contributed by atoms with van der Waals surface area (Å²) in [5.74, 6) is -1.21. The summed E-state index contributed by atoms with van der Waals surface area (Å²) < 4.78 is 19.9. The first kappa shape index (κ1) is 13.0. The Morgan fingerprint density at radius 2 is 1.44 bits per heavy atom. The van der Waals surface area contributed by atoms with Crippen LogP contribution in [0.25, 0.3) is 0 Å². The van der Waals surface area contributed by atoms with Crippen LogP contribution >= 0.6 is 0 Å². The highest BCUT2D eigenvalue weighted by Gasteiger charge is 2.46. The van der Waals surface area contributed by atoms with Crippen LogP contribution in [0.2, 0.25) is 6.82 Å². The molecule has 0 radical (unpaired) electrons. The number of esters is 2. The van der Waals surface area contributed by atoms with Gasteiger partial charge < -0.3 is 18.8 Å². The monoisotopic (exact) mass is 230 g/mol. The maximum absolute atomic E-state index is 11.5. The van der Waals surface area contributed by atoms with Gasteiger partial charge in [0, 0.05) is 0 Å². The first-order chi connectivity index (χ1) is 7.60. The van der Waals surface area contributed by atoms with Gasteiger partial charge in [0.05, 0.1) is 13.2 Å². The number of carbonyl (C=O) groups is 2. The standard InChI is InChI=1S/C9H15BO6/c1-4-13-8(11)6-7(9(12)14-5-2)16-10(3)15-6/h6-7H,4-5H2,1-3H3. The minimum absolute atomic E-state index is 0.225. The van der Waals surface area contributed by atoms with Crippen LogP contribution in [-0.2, 0) is 28.4 Å².